The summed E-state index contributed by atoms with van der Waals surface area (Å²) in [5.74, 6) is -0.774. The van der Waals surface area contributed by atoms with Crippen LogP contribution in [0.4, 0.5) is 8.78 Å². The van der Waals surface area contributed by atoms with Gasteiger partial charge in [-0.2, -0.15) is 0 Å². The molecular weight excluding hydrogens is 330 g/mol. The van der Waals surface area contributed by atoms with Crippen molar-refractivity contribution in [2.45, 2.75) is 45.7 Å². The topological polar surface area (TPSA) is 19.0 Å². The zero-order valence-corrected chi connectivity index (χ0v) is 15.3. The SMILES string of the molecule is Cc1ccc(CN2CCCCC2c2cc3c(F)ccc(F)c3[nH]2)cc1C. The summed E-state index contributed by atoms with van der Waals surface area (Å²) in [6, 6.07) is 10.9. The molecule has 1 unspecified atom stereocenters. The molecular formula is C22H24F2N2. The molecule has 1 aliphatic rings. The lowest BCUT2D eigenvalue weighted by Gasteiger charge is -2.35. The molecule has 2 aromatic carbocycles. The lowest BCUT2D eigenvalue weighted by molar-refractivity contribution is 0.138. The fourth-order valence-corrected chi connectivity index (χ4v) is 4.02. The van der Waals surface area contributed by atoms with E-state index in [0.29, 0.717) is 5.39 Å². The molecule has 0 amide bonds. The number of H-pyrrole nitrogens is 1. The van der Waals surface area contributed by atoms with Crippen LogP contribution < -0.4 is 0 Å². The molecule has 1 aliphatic heterocycles. The number of aromatic amines is 1. The van der Waals surface area contributed by atoms with Gasteiger partial charge in [-0.05, 0) is 68.1 Å². The van der Waals surface area contributed by atoms with Crippen molar-refractivity contribution in [1.82, 2.24) is 9.88 Å². The van der Waals surface area contributed by atoms with Gasteiger partial charge in [0.05, 0.1) is 11.6 Å². The van der Waals surface area contributed by atoms with Crippen LogP contribution in [-0.4, -0.2) is 16.4 Å². The van der Waals surface area contributed by atoms with Crippen molar-refractivity contribution in [3.05, 3.63) is 70.4 Å². The minimum atomic E-state index is -0.399. The van der Waals surface area contributed by atoms with E-state index in [4.69, 9.17) is 0 Å². The molecule has 1 N–H and O–H groups in total. The Balaban J connectivity index is 1.66. The van der Waals surface area contributed by atoms with E-state index in [1.54, 1.807) is 6.07 Å². The van der Waals surface area contributed by atoms with Gasteiger partial charge in [0.1, 0.15) is 11.6 Å². The van der Waals surface area contributed by atoms with Crippen LogP contribution in [0.5, 0.6) is 0 Å². The summed E-state index contributed by atoms with van der Waals surface area (Å²) in [4.78, 5) is 5.58. The number of nitrogens with zero attached hydrogens (tertiary/aromatic N) is 1. The average molecular weight is 354 g/mol. The number of aromatic nitrogens is 1. The van der Waals surface area contributed by atoms with Gasteiger partial charge in [-0.25, -0.2) is 8.78 Å². The monoisotopic (exact) mass is 354 g/mol. The highest BCUT2D eigenvalue weighted by Crippen LogP contribution is 2.34. The molecule has 26 heavy (non-hydrogen) atoms. The normalized spacial score (nSPS) is 18.5. The Bertz CT molecular complexity index is 906. The number of likely N-dealkylation sites (tertiary alicyclic amines) is 1. The van der Waals surface area contributed by atoms with E-state index in [2.05, 4.69) is 41.9 Å². The van der Waals surface area contributed by atoms with Crippen molar-refractivity contribution in [3.63, 3.8) is 0 Å². The molecule has 2 nitrogen and oxygen atoms in total. The number of aryl methyl sites for hydroxylation is 2. The first-order valence-corrected chi connectivity index (χ1v) is 9.30. The molecule has 3 aromatic rings. The highest BCUT2D eigenvalue weighted by Gasteiger charge is 2.26. The molecule has 136 valence electrons. The van der Waals surface area contributed by atoms with E-state index in [0.717, 1.165) is 38.0 Å². The molecule has 1 fully saturated rings. The van der Waals surface area contributed by atoms with Crippen LogP contribution in [0.2, 0.25) is 0 Å². The first-order chi connectivity index (χ1) is 12.5. The maximum Gasteiger partial charge on any atom is 0.147 e. The number of benzene rings is 2. The molecule has 4 heteroatoms. The Morgan fingerprint density at radius 3 is 2.58 bits per heavy atom. The Morgan fingerprint density at radius 2 is 1.81 bits per heavy atom. The lowest BCUT2D eigenvalue weighted by Crippen LogP contribution is -2.33. The van der Waals surface area contributed by atoms with E-state index in [1.807, 2.05) is 0 Å². The van der Waals surface area contributed by atoms with Crippen LogP contribution in [0.15, 0.2) is 36.4 Å². The van der Waals surface area contributed by atoms with Crippen LogP contribution in [0, 0.1) is 25.5 Å². The average Bonchev–Trinajstić information content (AvgIpc) is 3.08. The summed E-state index contributed by atoms with van der Waals surface area (Å²) in [7, 11) is 0. The fraction of sp³-hybridized carbons (Fsp3) is 0.364. The van der Waals surface area contributed by atoms with Crippen molar-refractivity contribution >= 4 is 10.9 Å². The van der Waals surface area contributed by atoms with Crippen molar-refractivity contribution in [2.24, 2.45) is 0 Å². The van der Waals surface area contributed by atoms with E-state index in [-0.39, 0.29) is 17.4 Å². The molecule has 0 saturated carbocycles. The third kappa shape index (κ3) is 3.14. The quantitative estimate of drug-likeness (QED) is 0.631. The summed E-state index contributed by atoms with van der Waals surface area (Å²) in [5, 5.41) is 0.344. The van der Waals surface area contributed by atoms with Crippen LogP contribution in [0.3, 0.4) is 0 Å². The van der Waals surface area contributed by atoms with Crippen LogP contribution in [0.25, 0.3) is 10.9 Å². The zero-order chi connectivity index (χ0) is 18.3. The summed E-state index contributed by atoms with van der Waals surface area (Å²) in [6.07, 6.45) is 3.29. The van der Waals surface area contributed by atoms with Crippen molar-refractivity contribution in [2.75, 3.05) is 6.54 Å². The van der Waals surface area contributed by atoms with Gasteiger partial charge in [-0.1, -0.05) is 24.6 Å². The van der Waals surface area contributed by atoms with E-state index in [1.165, 1.54) is 28.8 Å². The second-order valence-electron chi connectivity index (χ2n) is 7.44. The van der Waals surface area contributed by atoms with Crippen molar-refractivity contribution < 1.29 is 8.78 Å². The molecule has 0 bridgehead atoms. The Labute approximate surface area is 152 Å². The third-order valence-corrected chi connectivity index (χ3v) is 5.64. The standard InChI is InChI=1S/C22H24F2N2/c1-14-6-7-16(11-15(14)2)13-26-10-4-3-5-21(26)20-12-17-18(23)8-9-19(24)22(17)25-20/h6-9,11-12,21,25H,3-5,10,13H2,1-2H3. The van der Waals surface area contributed by atoms with E-state index >= 15 is 0 Å². The minimum Gasteiger partial charge on any atom is -0.355 e. The highest BCUT2D eigenvalue weighted by atomic mass is 19.1. The van der Waals surface area contributed by atoms with Crippen LogP contribution >= 0.6 is 0 Å². The van der Waals surface area contributed by atoms with Gasteiger partial charge in [0.25, 0.3) is 0 Å². The smallest absolute Gasteiger partial charge is 0.147 e. The molecule has 2 heterocycles. The third-order valence-electron chi connectivity index (χ3n) is 5.64. The largest absolute Gasteiger partial charge is 0.355 e. The molecule has 1 saturated heterocycles. The summed E-state index contributed by atoms with van der Waals surface area (Å²) < 4.78 is 28.1. The number of rotatable bonds is 3. The molecule has 4 rings (SSSR count). The predicted molar refractivity (Wildman–Crippen MR) is 101 cm³/mol. The lowest BCUT2D eigenvalue weighted by atomic mass is 9.97. The molecule has 0 aliphatic carbocycles. The second kappa shape index (κ2) is 6.84. The minimum absolute atomic E-state index is 0.163. The number of hydrogen-bond acceptors (Lipinski definition) is 1. The Hall–Kier alpha value is -2.20. The van der Waals surface area contributed by atoms with Gasteiger partial charge in [0.2, 0.25) is 0 Å². The maximum atomic E-state index is 14.1. The highest BCUT2D eigenvalue weighted by molar-refractivity contribution is 5.81. The van der Waals surface area contributed by atoms with Gasteiger partial charge >= 0.3 is 0 Å². The molecule has 0 spiro atoms. The number of hydrogen-bond donors (Lipinski definition) is 1. The van der Waals surface area contributed by atoms with Gasteiger partial charge in [-0.3, -0.25) is 4.90 Å². The first-order valence-electron chi connectivity index (χ1n) is 9.30. The van der Waals surface area contributed by atoms with Crippen molar-refractivity contribution in [1.29, 1.82) is 0 Å². The van der Waals surface area contributed by atoms with E-state index in [9.17, 15) is 8.78 Å². The van der Waals surface area contributed by atoms with Crippen molar-refractivity contribution in [3.8, 4) is 0 Å². The Morgan fingerprint density at radius 1 is 1.00 bits per heavy atom. The molecule has 1 atom stereocenters. The number of piperidine rings is 1. The fourth-order valence-electron chi connectivity index (χ4n) is 4.02. The van der Waals surface area contributed by atoms with E-state index < -0.39 is 5.82 Å². The van der Waals surface area contributed by atoms with Crippen LogP contribution in [0.1, 0.15) is 47.7 Å². The van der Waals surface area contributed by atoms with Crippen LogP contribution in [-0.2, 0) is 6.54 Å². The predicted octanol–water partition coefficient (Wildman–Crippen LogP) is 5.79. The maximum absolute atomic E-state index is 14.1. The second-order valence-corrected chi connectivity index (χ2v) is 7.44. The number of fused-ring (bicyclic) bond motifs is 1. The first kappa shape index (κ1) is 17.2. The molecule has 1 aromatic heterocycles. The van der Waals surface area contributed by atoms with Gasteiger partial charge < -0.3 is 4.98 Å². The summed E-state index contributed by atoms with van der Waals surface area (Å²) in [5.41, 5.74) is 5.06. The molecule has 0 radical (unpaired) electrons. The Kier molecular flexibility index (Phi) is 4.53. The number of nitrogens with one attached hydrogen (secondary N) is 1. The van der Waals surface area contributed by atoms with Gasteiger partial charge in [-0.15, -0.1) is 0 Å². The number of halogens is 2. The summed E-state index contributed by atoms with van der Waals surface area (Å²) in [6.45, 7) is 6.11. The van der Waals surface area contributed by atoms with Gasteiger partial charge in [0.15, 0.2) is 0 Å². The van der Waals surface area contributed by atoms with Gasteiger partial charge in [0, 0.05) is 17.6 Å². The summed E-state index contributed by atoms with van der Waals surface area (Å²) >= 11 is 0. The zero-order valence-electron chi connectivity index (χ0n) is 15.3.